The molecule has 0 aliphatic rings. The zero-order valence-corrected chi connectivity index (χ0v) is 11.4. The van der Waals surface area contributed by atoms with Gasteiger partial charge >= 0.3 is 0 Å². The number of Topliss-reactive ketones (excluding diaryl/α,β-unsaturated/α-hetero) is 1. The minimum atomic E-state index is -0.408. The maximum atomic E-state index is 13.3. The molecule has 5 heteroatoms. The molecule has 0 atom stereocenters. The Labute approximate surface area is 116 Å². The highest BCUT2D eigenvalue weighted by Crippen LogP contribution is 2.37. The molecule has 0 fully saturated rings. The van der Waals surface area contributed by atoms with E-state index in [-0.39, 0.29) is 22.8 Å². The van der Waals surface area contributed by atoms with Gasteiger partial charge in [-0.05, 0) is 40.6 Å². The lowest BCUT2D eigenvalue weighted by molar-refractivity contribution is 0.0993. The Morgan fingerprint density at radius 2 is 2.16 bits per heavy atom. The molecule has 0 aliphatic heterocycles. The van der Waals surface area contributed by atoms with Crippen molar-refractivity contribution in [1.82, 2.24) is 0 Å². The van der Waals surface area contributed by atoms with Crippen LogP contribution in [0, 0.1) is 5.82 Å². The number of ketones is 1. The van der Waals surface area contributed by atoms with Crippen molar-refractivity contribution in [3.05, 3.63) is 52.0 Å². The van der Waals surface area contributed by atoms with Crippen molar-refractivity contribution in [2.45, 2.75) is 6.42 Å². The van der Waals surface area contributed by atoms with Gasteiger partial charge in [0.1, 0.15) is 5.82 Å². The lowest BCUT2D eigenvalue weighted by atomic mass is 10.0. The standard InChI is InChI=1S/C14H9FO2S2/c15-9-1-2-12-10(6-9)13(14(17)19-12)11(16)5-8-3-4-18-7-8/h1-4,6-7,17H,5H2. The Balaban J connectivity index is 2.06. The molecule has 96 valence electrons. The zero-order chi connectivity index (χ0) is 13.4. The molecular weight excluding hydrogens is 283 g/mol. The number of halogens is 1. The van der Waals surface area contributed by atoms with E-state index in [2.05, 4.69) is 0 Å². The third kappa shape index (κ3) is 2.27. The lowest BCUT2D eigenvalue weighted by Crippen LogP contribution is -2.02. The molecule has 0 amide bonds. The molecule has 0 saturated heterocycles. The highest BCUT2D eigenvalue weighted by Gasteiger charge is 2.19. The second-order valence-electron chi connectivity index (χ2n) is 4.15. The first kappa shape index (κ1) is 12.3. The van der Waals surface area contributed by atoms with E-state index >= 15 is 0 Å². The Kier molecular flexibility index (Phi) is 3.08. The van der Waals surface area contributed by atoms with Crippen LogP contribution in [0.25, 0.3) is 10.1 Å². The van der Waals surface area contributed by atoms with Crippen LogP contribution in [0.1, 0.15) is 15.9 Å². The third-order valence-electron chi connectivity index (χ3n) is 2.86. The number of thiophene rings is 2. The summed E-state index contributed by atoms with van der Waals surface area (Å²) in [6, 6.07) is 6.07. The van der Waals surface area contributed by atoms with E-state index < -0.39 is 5.82 Å². The predicted molar refractivity (Wildman–Crippen MR) is 75.8 cm³/mol. The van der Waals surface area contributed by atoms with E-state index in [4.69, 9.17) is 0 Å². The van der Waals surface area contributed by atoms with Crippen molar-refractivity contribution >= 4 is 38.5 Å². The molecule has 2 nitrogen and oxygen atoms in total. The molecule has 0 unspecified atom stereocenters. The van der Waals surface area contributed by atoms with Gasteiger partial charge in [-0.15, -0.1) is 0 Å². The SMILES string of the molecule is O=C(Cc1ccsc1)c1c(O)sc2ccc(F)cc12. The van der Waals surface area contributed by atoms with Crippen molar-refractivity contribution in [2.75, 3.05) is 0 Å². The fourth-order valence-electron chi connectivity index (χ4n) is 1.99. The monoisotopic (exact) mass is 292 g/mol. The summed E-state index contributed by atoms with van der Waals surface area (Å²) in [5.41, 5.74) is 1.14. The summed E-state index contributed by atoms with van der Waals surface area (Å²) in [5.74, 6) is -0.595. The van der Waals surface area contributed by atoms with E-state index in [1.54, 1.807) is 6.07 Å². The van der Waals surface area contributed by atoms with Crippen LogP contribution < -0.4 is 0 Å². The molecule has 2 heterocycles. The van der Waals surface area contributed by atoms with Crippen LogP contribution in [-0.2, 0) is 6.42 Å². The average molecular weight is 292 g/mol. The molecule has 1 aromatic carbocycles. The van der Waals surface area contributed by atoms with Gasteiger partial charge in [0.25, 0.3) is 0 Å². The Bertz CT molecular complexity index is 744. The van der Waals surface area contributed by atoms with E-state index in [1.807, 2.05) is 16.8 Å². The van der Waals surface area contributed by atoms with Gasteiger partial charge in [0, 0.05) is 16.5 Å². The van der Waals surface area contributed by atoms with Gasteiger partial charge in [-0.2, -0.15) is 11.3 Å². The number of benzene rings is 1. The molecule has 0 saturated carbocycles. The molecule has 0 radical (unpaired) electrons. The molecule has 0 spiro atoms. The minimum Gasteiger partial charge on any atom is -0.499 e. The number of hydrogen-bond acceptors (Lipinski definition) is 4. The van der Waals surface area contributed by atoms with Crippen molar-refractivity contribution in [3.63, 3.8) is 0 Å². The highest BCUT2D eigenvalue weighted by molar-refractivity contribution is 7.21. The van der Waals surface area contributed by atoms with Crippen LogP contribution in [0.2, 0.25) is 0 Å². The third-order valence-corrected chi connectivity index (χ3v) is 4.56. The average Bonchev–Trinajstić information content (AvgIpc) is 2.95. The predicted octanol–water partition coefficient (Wildman–Crippen LogP) is 4.23. The molecular formula is C14H9FO2S2. The molecule has 0 bridgehead atoms. The number of fused-ring (bicyclic) bond motifs is 1. The maximum absolute atomic E-state index is 13.3. The van der Waals surface area contributed by atoms with E-state index in [0.29, 0.717) is 10.1 Å². The van der Waals surface area contributed by atoms with Gasteiger partial charge in [-0.1, -0.05) is 11.3 Å². The first-order valence-electron chi connectivity index (χ1n) is 5.60. The normalized spacial score (nSPS) is 11.0. The summed E-state index contributed by atoms with van der Waals surface area (Å²) in [5, 5.41) is 14.1. The largest absolute Gasteiger partial charge is 0.499 e. The van der Waals surface area contributed by atoms with Crippen molar-refractivity contribution in [1.29, 1.82) is 0 Å². The summed E-state index contributed by atoms with van der Waals surface area (Å²) in [6.45, 7) is 0. The summed E-state index contributed by atoms with van der Waals surface area (Å²) >= 11 is 2.62. The van der Waals surface area contributed by atoms with Gasteiger partial charge in [0.15, 0.2) is 10.8 Å². The summed E-state index contributed by atoms with van der Waals surface area (Å²) in [6.07, 6.45) is 0.222. The summed E-state index contributed by atoms with van der Waals surface area (Å²) in [7, 11) is 0. The van der Waals surface area contributed by atoms with Gasteiger partial charge in [0.2, 0.25) is 0 Å². The molecule has 0 aliphatic carbocycles. The highest BCUT2D eigenvalue weighted by atomic mass is 32.1. The quantitative estimate of drug-likeness (QED) is 0.733. The summed E-state index contributed by atoms with van der Waals surface area (Å²) < 4.78 is 14.0. The Morgan fingerprint density at radius 3 is 2.89 bits per heavy atom. The van der Waals surface area contributed by atoms with Crippen LogP contribution in [0.5, 0.6) is 5.06 Å². The zero-order valence-electron chi connectivity index (χ0n) is 9.72. The fourth-order valence-corrected chi connectivity index (χ4v) is 3.60. The Morgan fingerprint density at radius 1 is 1.32 bits per heavy atom. The van der Waals surface area contributed by atoms with Crippen LogP contribution in [-0.4, -0.2) is 10.9 Å². The first-order valence-corrected chi connectivity index (χ1v) is 7.36. The van der Waals surface area contributed by atoms with Crippen LogP contribution in [0.4, 0.5) is 4.39 Å². The number of carbonyl (C=O) groups excluding carboxylic acids is 1. The smallest absolute Gasteiger partial charge is 0.183 e. The molecule has 1 N–H and O–H groups in total. The molecule has 19 heavy (non-hydrogen) atoms. The number of hydrogen-bond donors (Lipinski definition) is 1. The first-order chi connectivity index (χ1) is 9.15. The van der Waals surface area contributed by atoms with Gasteiger partial charge < -0.3 is 5.11 Å². The van der Waals surface area contributed by atoms with Crippen molar-refractivity contribution < 1.29 is 14.3 Å². The van der Waals surface area contributed by atoms with E-state index in [9.17, 15) is 14.3 Å². The van der Waals surface area contributed by atoms with Gasteiger partial charge in [-0.3, -0.25) is 4.79 Å². The maximum Gasteiger partial charge on any atom is 0.183 e. The van der Waals surface area contributed by atoms with Crippen LogP contribution >= 0.6 is 22.7 Å². The minimum absolute atomic E-state index is 0.0409. The number of rotatable bonds is 3. The second kappa shape index (κ2) is 4.75. The second-order valence-corrected chi connectivity index (χ2v) is 5.96. The number of aromatic hydroxyl groups is 1. The van der Waals surface area contributed by atoms with Crippen molar-refractivity contribution in [3.8, 4) is 5.06 Å². The van der Waals surface area contributed by atoms with Crippen molar-refractivity contribution in [2.24, 2.45) is 0 Å². The summed E-state index contributed by atoms with van der Waals surface area (Å²) in [4.78, 5) is 12.2. The van der Waals surface area contributed by atoms with E-state index in [0.717, 1.165) is 16.9 Å². The molecule has 3 rings (SSSR count). The van der Waals surface area contributed by atoms with Gasteiger partial charge in [0.05, 0.1) is 5.56 Å². The Hall–Kier alpha value is -1.72. The van der Waals surface area contributed by atoms with Crippen LogP contribution in [0.3, 0.4) is 0 Å². The lowest BCUT2D eigenvalue weighted by Gasteiger charge is -1.99. The number of carbonyl (C=O) groups is 1. The topological polar surface area (TPSA) is 37.3 Å². The molecule has 3 aromatic rings. The van der Waals surface area contributed by atoms with Gasteiger partial charge in [-0.25, -0.2) is 4.39 Å². The fraction of sp³-hybridized carbons (Fsp3) is 0.0714. The van der Waals surface area contributed by atoms with Crippen LogP contribution in [0.15, 0.2) is 35.0 Å². The van der Waals surface area contributed by atoms with E-state index in [1.165, 1.54) is 23.5 Å². The molecule has 2 aromatic heterocycles.